The minimum absolute atomic E-state index is 0.0397. The molecule has 0 heterocycles. The van der Waals surface area contributed by atoms with Gasteiger partial charge in [-0.25, -0.2) is 8.42 Å². The topological polar surface area (TPSA) is 118 Å². The lowest BCUT2D eigenvalue weighted by molar-refractivity contribution is -0.145. The van der Waals surface area contributed by atoms with Gasteiger partial charge in [-0.1, -0.05) is 20.8 Å². The van der Waals surface area contributed by atoms with E-state index in [2.05, 4.69) is 0 Å². The SMILES string of the molecule is CN(CC(=O)OCC(C)(C)S(=O)(=O)CC(=O)O)CC(=O)C(C)(C)C. The number of nitrogens with zero attached hydrogens (tertiary/aromatic N) is 1. The van der Waals surface area contributed by atoms with Crippen LogP contribution < -0.4 is 0 Å². The number of rotatable bonds is 9. The minimum atomic E-state index is -3.97. The van der Waals surface area contributed by atoms with Crippen molar-refractivity contribution in [1.29, 1.82) is 0 Å². The molecule has 0 saturated heterocycles. The molecule has 0 aliphatic rings. The molecule has 0 unspecified atom stereocenters. The number of hydrogen-bond donors (Lipinski definition) is 1. The van der Waals surface area contributed by atoms with Crippen LogP contribution in [0.5, 0.6) is 0 Å². The van der Waals surface area contributed by atoms with E-state index in [1.54, 1.807) is 27.8 Å². The van der Waals surface area contributed by atoms with Crippen molar-refractivity contribution in [3.8, 4) is 0 Å². The van der Waals surface area contributed by atoms with Crippen molar-refractivity contribution in [2.24, 2.45) is 5.41 Å². The third-order valence-corrected chi connectivity index (χ3v) is 5.81. The van der Waals surface area contributed by atoms with Crippen LogP contribution in [0, 0.1) is 5.41 Å². The maximum absolute atomic E-state index is 11.9. The van der Waals surface area contributed by atoms with E-state index in [1.807, 2.05) is 0 Å². The van der Waals surface area contributed by atoms with Crippen molar-refractivity contribution in [2.75, 3.05) is 32.5 Å². The fourth-order valence-corrected chi connectivity index (χ4v) is 2.46. The van der Waals surface area contributed by atoms with E-state index < -0.39 is 44.3 Å². The summed E-state index contributed by atoms with van der Waals surface area (Å²) in [7, 11) is -2.39. The van der Waals surface area contributed by atoms with Gasteiger partial charge in [0, 0.05) is 5.41 Å². The number of ether oxygens (including phenoxy) is 1. The van der Waals surface area contributed by atoms with E-state index >= 15 is 0 Å². The second-order valence-corrected chi connectivity index (χ2v) is 10.0. The molecule has 0 aromatic rings. The molecular weight excluding hydrogens is 338 g/mol. The Labute approximate surface area is 143 Å². The average Bonchev–Trinajstić information content (AvgIpc) is 2.33. The summed E-state index contributed by atoms with van der Waals surface area (Å²) < 4.78 is 27.3. The quantitative estimate of drug-likeness (QED) is 0.582. The van der Waals surface area contributed by atoms with Crippen LogP contribution in [0.1, 0.15) is 34.6 Å². The molecule has 8 nitrogen and oxygen atoms in total. The largest absolute Gasteiger partial charge is 0.480 e. The highest BCUT2D eigenvalue weighted by atomic mass is 32.2. The minimum Gasteiger partial charge on any atom is -0.480 e. The Balaban J connectivity index is 4.59. The Morgan fingerprint density at radius 1 is 1.04 bits per heavy atom. The molecule has 1 N–H and O–H groups in total. The first-order valence-corrected chi connectivity index (χ1v) is 9.05. The van der Waals surface area contributed by atoms with Gasteiger partial charge in [0.1, 0.15) is 17.1 Å². The predicted octanol–water partition coefficient (Wildman–Crippen LogP) is 0.355. The summed E-state index contributed by atoms with van der Waals surface area (Å²) in [6, 6.07) is 0. The number of ketones is 1. The molecule has 0 aliphatic carbocycles. The zero-order valence-electron chi connectivity index (χ0n) is 15.1. The molecule has 0 rings (SSSR count). The number of esters is 1. The number of likely N-dealkylation sites (N-methyl/N-ethyl adjacent to an activating group) is 1. The Kier molecular flexibility index (Phi) is 7.57. The molecule has 0 aromatic carbocycles. The number of carboxylic acid groups (broad SMARTS) is 1. The van der Waals surface area contributed by atoms with E-state index in [0.717, 1.165) is 0 Å². The summed E-state index contributed by atoms with van der Waals surface area (Å²) in [5.74, 6) is -3.22. The second-order valence-electron chi connectivity index (χ2n) is 7.42. The molecule has 0 bridgehead atoms. The summed E-state index contributed by atoms with van der Waals surface area (Å²) >= 11 is 0. The van der Waals surface area contributed by atoms with E-state index in [9.17, 15) is 22.8 Å². The van der Waals surface area contributed by atoms with E-state index in [-0.39, 0.29) is 18.9 Å². The van der Waals surface area contributed by atoms with Gasteiger partial charge < -0.3 is 9.84 Å². The molecule has 24 heavy (non-hydrogen) atoms. The van der Waals surface area contributed by atoms with E-state index in [1.165, 1.54) is 18.7 Å². The fourth-order valence-electron chi connectivity index (χ4n) is 1.51. The normalized spacial score (nSPS) is 13.0. The fraction of sp³-hybridized carbons (Fsp3) is 0.800. The third kappa shape index (κ3) is 7.39. The molecule has 0 spiro atoms. The van der Waals surface area contributed by atoms with Crippen LogP contribution in [0.4, 0.5) is 0 Å². The first-order chi connectivity index (χ1) is 10.6. The Hall–Kier alpha value is -1.48. The molecule has 0 atom stereocenters. The van der Waals surface area contributed by atoms with Gasteiger partial charge in [-0.05, 0) is 20.9 Å². The zero-order valence-corrected chi connectivity index (χ0v) is 15.9. The number of aliphatic carboxylic acids is 1. The van der Waals surface area contributed by atoms with Crippen molar-refractivity contribution < 1.29 is 32.6 Å². The van der Waals surface area contributed by atoms with Crippen LogP contribution in [-0.4, -0.2) is 73.4 Å². The van der Waals surface area contributed by atoms with Crippen LogP contribution in [0.2, 0.25) is 0 Å². The van der Waals surface area contributed by atoms with Crippen molar-refractivity contribution in [3.05, 3.63) is 0 Å². The predicted molar refractivity (Wildman–Crippen MR) is 88.4 cm³/mol. The maximum atomic E-state index is 11.9. The number of carbonyl (C=O) groups excluding carboxylic acids is 2. The Bertz CT molecular complexity index is 587. The summed E-state index contributed by atoms with van der Waals surface area (Å²) in [4.78, 5) is 35.8. The van der Waals surface area contributed by atoms with Crippen LogP contribution in [0.15, 0.2) is 0 Å². The Morgan fingerprint density at radius 2 is 1.54 bits per heavy atom. The van der Waals surface area contributed by atoms with Gasteiger partial charge in [-0.15, -0.1) is 0 Å². The summed E-state index contributed by atoms with van der Waals surface area (Å²) in [5, 5.41) is 8.63. The average molecular weight is 365 g/mol. The molecule has 0 saturated carbocycles. The van der Waals surface area contributed by atoms with Crippen LogP contribution in [0.3, 0.4) is 0 Å². The van der Waals surface area contributed by atoms with Gasteiger partial charge in [-0.2, -0.15) is 0 Å². The van der Waals surface area contributed by atoms with Gasteiger partial charge in [0.15, 0.2) is 15.6 Å². The van der Waals surface area contributed by atoms with Crippen molar-refractivity contribution in [1.82, 2.24) is 4.90 Å². The third-order valence-electron chi connectivity index (χ3n) is 3.39. The smallest absolute Gasteiger partial charge is 0.320 e. The van der Waals surface area contributed by atoms with Crippen molar-refractivity contribution in [3.63, 3.8) is 0 Å². The lowest BCUT2D eigenvalue weighted by atomic mass is 9.90. The lowest BCUT2D eigenvalue weighted by Crippen LogP contribution is -2.42. The standard InChI is InChI=1S/C15H27NO7S/c1-14(2,3)11(17)7-16(6)8-13(20)23-10-15(4,5)24(21,22)9-12(18)19/h7-10H2,1-6H3,(H,18,19). The van der Waals surface area contributed by atoms with Gasteiger partial charge in [-0.3, -0.25) is 19.3 Å². The van der Waals surface area contributed by atoms with Gasteiger partial charge >= 0.3 is 11.9 Å². The van der Waals surface area contributed by atoms with Crippen LogP contribution >= 0.6 is 0 Å². The highest BCUT2D eigenvalue weighted by Crippen LogP contribution is 2.18. The maximum Gasteiger partial charge on any atom is 0.320 e. The molecule has 0 aromatic heterocycles. The molecule has 9 heteroatoms. The molecule has 140 valence electrons. The van der Waals surface area contributed by atoms with Gasteiger partial charge in [0.2, 0.25) is 0 Å². The highest BCUT2D eigenvalue weighted by Gasteiger charge is 2.37. The Morgan fingerprint density at radius 3 is 1.96 bits per heavy atom. The highest BCUT2D eigenvalue weighted by molar-refractivity contribution is 7.93. The number of hydrogen-bond acceptors (Lipinski definition) is 7. The number of sulfone groups is 1. The molecule has 0 fully saturated rings. The lowest BCUT2D eigenvalue weighted by Gasteiger charge is -2.25. The number of Topliss-reactive ketones (excluding diaryl/α,β-unsaturated/α-hetero) is 1. The summed E-state index contributed by atoms with van der Waals surface area (Å²) in [6.45, 7) is 7.36. The van der Waals surface area contributed by atoms with E-state index in [4.69, 9.17) is 9.84 Å². The van der Waals surface area contributed by atoms with Crippen molar-refractivity contribution >= 4 is 27.6 Å². The first-order valence-electron chi connectivity index (χ1n) is 7.40. The second kappa shape index (κ2) is 8.06. The first kappa shape index (κ1) is 22.5. The molecular formula is C15H27NO7S. The molecule has 0 radical (unpaired) electrons. The van der Waals surface area contributed by atoms with Crippen molar-refractivity contribution in [2.45, 2.75) is 39.4 Å². The van der Waals surface area contributed by atoms with Crippen LogP contribution in [-0.2, 0) is 29.0 Å². The summed E-state index contributed by atoms with van der Waals surface area (Å²) in [5.41, 5.74) is -0.523. The number of carboxylic acids is 1. The van der Waals surface area contributed by atoms with Gasteiger partial charge in [0.25, 0.3) is 0 Å². The number of carbonyl (C=O) groups is 3. The molecule has 0 aliphatic heterocycles. The zero-order chi connectivity index (χ0) is 19.3. The summed E-state index contributed by atoms with van der Waals surface area (Å²) in [6.07, 6.45) is 0. The van der Waals surface area contributed by atoms with Gasteiger partial charge in [0.05, 0.1) is 13.1 Å². The van der Waals surface area contributed by atoms with Crippen LogP contribution in [0.25, 0.3) is 0 Å². The molecule has 0 amide bonds. The monoisotopic (exact) mass is 365 g/mol. The van der Waals surface area contributed by atoms with E-state index in [0.29, 0.717) is 0 Å².